The number of aryl methyl sites for hydroxylation is 1. The second-order valence-electron chi connectivity index (χ2n) is 8.31. The Labute approximate surface area is 192 Å². The molecule has 1 saturated heterocycles. The van der Waals surface area contributed by atoms with Crippen molar-refractivity contribution in [3.05, 3.63) is 83.1 Å². The number of piperazine rings is 1. The fraction of sp³-hybridized carbons (Fsp3) is 0.360. The summed E-state index contributed by atoms with van der Waals surface area (Å²) in [7, 11) is 0. The van der Waals surface area contributed by atoms with Crippen molar-refractivity contribution in [3.63, 3.8) is 0 Å². The number of nitrogens with one attached hydrogen (secondary N) is 1. The molecule has 0 saturated carbocycles. The topological polar surface area (TPSA) is 61.6 Å². The summed E-state index contributed by atoms with van der Waals surface area (Å²) in [6.45, 7) is 6.59. The summed E-state index contributed by atoms with van der Waals surface area (Å²) >= 11 is 0. The normalized spacial score (nSPS) is 16.2. The van der Waals surface area contributed by atoms with Crippen LogP contribution >= 0.6 is 0 Å². The number of carbonyl (C=O) groups is 1. The highest BCUT2D eigenvalue weighted by molar-refractivity contribution is 5.94. The van der Waals surface area contributed by atoms with Gasteiger partial charge in [0.05, 0.1) is 12.1 Å². The first-order chi connectivity index (χ1) is 15.9. The number of hydrogen-bond donors (Lipinski definition) is 1. The van der Waals surface area contributed by atoms with E-state index in [0.29, 0.717) is 44.2 Å². The largest absolute Gasteiger partial charge is 0.360 e. The van der Waals surface area contributed by atoms with Crippen LogP contribution in [0.5, 0.6) is 0 Å². The van der Waals surface area contributed by atoms with Crippen LogP contribution in [0.3, 0.4) is 0 Å². The molecule has 174 valence electrons. The van der Waals surface area contributed by atoms with Crippen LogP contribution in [0.4, 0.5) is 14.6 Å². The minimum atomic E-state index is -0.291. The molecule has 0 aliphatic carbocycles. The van der Waals surface area contributed by atoms with Gasteiger partial charge in [-0.25, -0.2) is 8.78 Å². The van der Waals surface area contributed by atoms with Gasteiger partial charge in [0.1, 0.15) is 17.4 Å². The zero-order chi connectivity index (χ0) is 23.4. The molecule has 33 heavy (non-hydrogen) atoms. The minimum absolute atomic E-state index is 0.104. The monoisotopic (exact) mass is 454 g/mol. The molecule has 6 nitrogen and oxygen atoms in total. The van der Waals surface area contributed by atoms with Gasteiger partial charge in [-0.05, 0) is 48.7 Å². The molecule has 1 aliphatic heterocycles. The first-order valence-corrected chi connectivity index (χ1v) is 11.2. The minimum Gasteiger partial charge on any atom is -0.360 e. The van der Waals surface area contributed by atoms with Crippen molar-refractivity contribution in [3.8, 4) is 0 Å². The van der Waals surface area contributed by atoms with Crippen molar-refractivity contribution in [1.82, 2.24) is 15.0 Å². The molecule has 1 aliphatic rings. The number of rotatable bonds is 7. The summed E-state index contributed by atoms with van der Waals surface area (Å²) in [6, 6.07) is 14.2. The Kier molecular flexibility index (Phi) is 7.15. The smallest absolute Gasteiger partial charge is 0.242 e. The zero-order valence-electron chi connectivity index (χ0n) is 18.8. The Balaban J connectivity index is 1.47. The maximum atomic E-state index is 13.5. The van der Waals surface area contributed by atoms with Gasteiger partial charge in [0.25, 0.3) is 0 Å². The average molecular weight is 455 g/mol. The summed E-state index contributed by atoms with van der Waals surface area (Å²) in [5.41, 5.74) is 1.89. The lowest BCUT2D eigenvalue weighted by atomic mass is 9.96. The second kappa shape index (κ2) is 10.2. The third-order valence-corrected chi connectivity index (χ3v) is 6.09. The van der Waals surface area contributed by atoms with E-state index in [1.54, 1.807) is 37.3 Å². The molecule has 8 heteroatoms. The summed E-state index contributed by atoms with van der Waals surface area (Å²) < 4.78 is 32.1. The molecular weight excluding hydrogens is 426 g/mol. The lowest BCUT2D eigenvalue weighted by Gasteiger charge is -2.42. The first-order valence-electron chi connectivity index (χ1n) is 11.2. The molecule has 0 bridgehead atoms. The summed E-state index contributed by atoms with van der Waals surface area (Å²) in [5, 5.41) is 6.68. The van der Waals surface area contributed by atoms with Crippen LogP contribution < -0.4 is 5.32 Å². The molecule has 3 aromatic rings. The lowest BCUT2D eigenvalue weighted by Crippen LogP contribution is -2.54. The van der Waals surface area contributed by atoms with E-state index < -0.39 is 0 Å². The molecule has 1 aromatic heterocycles. The van der Waals surface area contributed by atoms with Crippen LogP contribution in [0.2, 0.25) is 0 Å². The highest BCUT2D eigenvalue weighted by Gasteiger charge is 2.31. The molecule has 1 N–H and O–H groups in total. The number of benzene rings is 2. The second-order valence-corrected chi connectivity index (χ2v) is 8.31. The maximum absolute atomic E-state index is 13.5. The van der Waals surface area contributed by atoms with Crippen molar-refractivity contribution < 1.29 is 18.1 Å². The molecule has 4 rings (SSSR count). The van der Waals surface area contributed by atoms with Gasteiger partial charge >= 0.3 is 0 Å². The van der Waals surface area contributed by atoms with Gasteiger partial charge in [-0.2, -0.15) is 0 Å². The number of aromatic nitrogens is 1. The third kappa shape index (κ3) is 5.46. The van der Waals surface area contributed by atoms with Crippen LogP contribution in [0.1, 0.15) is 36.3 Å². The van der Waals surface area contributed by atoms with Gasteiger partial charge in [0.15, 0.2) is 5.82 Å². The Morgan fingerprint density at radius 1 is 0.970 bits per heavy atom. The van der Waals surface area contributed by atoms with E-state index in [2.05, 4.69) is 20.3 Å². The lowest BCUT2D eigenvalue weighted by molar-refractivity contribution is -0.122. The summed E-state index contributed by atoms with van der Waals surface area (Å²) in [6.07, 6.45) is 0.669. The molecular formula is C25H28F2N4O2. The summed E-state index contributed by atoms with van der Waals surface area (Å²) in [4.78, 5) is 17.3. The van der Waals surface area contributed by atoms with Crippen LogP contribution in [0, 0.1) is 18.6 Å². The molecule has 2 aromatic carbocycles. The van der Waals surface area contributed by atoms with Gasteiger partial charge < -0.3 is 9.84 Å². The highest BCUT2D eigenvalue weighted by atomic mass is 19.1. The van der Waals surface area contributed by atoms with Crippen LogP contribution in [-0.2, 0) is 4.79 Å². The third-order valence-electron chi connectivity index (χ3n) is 6.09. The van der Waals surface area contributed by atoms with Crippen molar-refractivity contribution in [2.45, 2.75) is 32.4 Å². The number of amides is 1. The van der Waals surface area contributed by atoms with Gasteiger partial charge in [0, 0.05) is 32.2 Å². The molecule has 0 radical (unpaired) electrons. The fourth-order valence-electron chi connectivity index (χ4n) is 4.46. The average Bonchev–Trinajstić information content (AvgIpc) is 3.22. The number of nitrogens with zero attached hydrogens (tertiary/aromatic N) is 3. The van der Waals surface area contributed by atoms with Crippen molar-refractivity contribution >= 4 is 11.7 Å². The highest BCUT2D eigenvalue weighted by Crippen LogP contribution is 2.30. The maximum Gasteiger partial charge on any atom is 0.242 e. The van der Waals surface area contributed by atoms with E-state index in [4.69, 9.17) is 4.52 Å². The standard InChI is InChI=1S/C25H28F2N4O2/c1-3-22(25(32)28-23-16-17(2)33-29-23)30-12-14-31(15-13-30)24(18-4-8-20(26)9-5-18)19-6-10-21(27)11-7-19/h4-11,16,22,24H,3,12-15H2,1-2H3,(H,28,29,32). The number of carbonyl (C=O) groups excluding carboxylic acids is 1. The molecule has 1 fully saturated rings. The predicted octanol–water partition coefficient (Wildman–Crippen LogP) is 4.39. The molecule has 1 unspecified atom stereocenters. The molecule has 0 spiro atoms. The predicted molar refractivity (Wildman–Crippen MR) is 122 cm³/mol. The molecule has 1 amide bonds. The molecule has 2 heterocycles. The first kappa shape index (κ1) is 23.1. The van der Waals surface area contributed by atoms with Crippen molar-refractivity contribution in [1.29, 1.82) is 0 Å². The summed E-state index contributed by atoms with van der Waals surface area (Å²) in [5.74, 6) is 0.371. The Morgan fingerprint density at radius 3 is 1.94 bits per heavy atom. The van der Waals surface area contributed by atoms with E-state index in [9.17, 15) is 13.6 Å². The van der Waals surface area contributed by atoms with E-state index in [0.717, 1.165) is 11.1 Å². The van der Waals surface area contributed by atoms with Crippen LogP contribution in [-0.4, -0.2) is 53.1 Å². The van der Waals surface area contributed by atoms with E-state index in [1.807, 2.05) is 6.92 Å². The van der Waals surface area contributed by atoms with Crippen LogP contribution in [0.15, 0.2) is 59.1 Å². The van der Waals surface area contributed by atoms with Gasteiger partial charge in [0.2, 0.25) is 5.91 Å². The van der Waals surface area contributed by atoms with Crippen molar-refractivity contribution in [2.75, 3.05) is 31.5 Å². The van der Waals surface area contributed by atoms with E-state index in [1.165, 1.54) is 24.3 Å². The van der Waals surface area contributed by atoms with Gasteiger partial charge in [-0.15, -0.1) is 0 Å². The number of halogens is 2. The Morgan fingerprint density at radius 2 is 1.48 bits per heavy atom. The number of hydrogen-bond acceptors (Lipinski definition) is 5. The fourth-order valence-corrected chi connectivity index (χ4v) is 4.46. The van der Waals surface area contributed by atoms with E-state index in [-0.39, 0.29) is 29.6 Å². The van der Waals surface area contributed by atoms with Crippen LogP contribution in [0.25, 0.3) is 0 Å². The number of anilines is 1. The zero-order valence-corrected chi connectivity index (χ0v) is 18.8. The Hall–Kier alpha value is -3.10. The van der Waals surface area contributed by atoms with E-state index >= 15 is 0 Å². The Bertz CT molecular complexity index is 1020. The molecule has 1 atom stereocenters. The SMILES string of the molecule is CCC(C(=O)Nc1cc(C)on1)N1CCN(C(c2ccc(F)cc2)c2ccc(F)cc2)CC1. The van der Waals surface area contributed by atoms with Crippen molar-refractivity contribution in [2.24, 2.45) is 0 Å². The van der Waals surface area contributed by atoms with Gasteiger partial charge in [-0.3, -0.25) is 14.6 Å². The quantitative estimate of drug-likeness (QED) is 0.574. The van der Waals surface area contributed by atoms with Gasteiger partial charge in [-0.1, -0.05) is 36.3 Å².